The van der Waals surface area contributed by atoms with Gasteiger partial charge in [0.15, 0.2) is 0 Å². The lowest BCUT2D eigenvalue weighted by Gasteiger charge is -2.37. The SMILES string of the molecule is CC1=C(c2cccc(F)c2)COc2cc(O)ccc21.FCC1CN(CCOc2ccccc2)C1. The van der Waals surface area contributed by atoms with Crippen LogP contribution in [0.2, 0.25) is 0 Å². The molecule has 1 fully saturated rings. The van der Waals surface area contributed by atoms with Crippen molar-refractivity contribution in [3.05, 3.63) is 89.7 Å². The molecule has 0 spiro atoms. The summed E-state index contributed by atoms with van der Waals surface area (Å²) in [6.45, 7) is 5.53. The fourth-order valence-electron chi connectivity index (χ4n) is 4.10. The number of benzene rings is 3. The summed E-state index contributed by atoms with van der Waals surface area (Å²) in [5, 5.41) is 9.45. The van der Waals surface area contributed by atoms with Crippen LogP contribution >= 0.6 is 0 Å². The molecular weight excluding hydrogens is 436 g/mol. The number of alkyl halides is 1. The second kappa shape index (κ2) is 11.2. The number of hydrogen-bond donors (Lipinski definition) is 1. The number of phenolic OH excluding ortho intramolecular Hbond substituents is 1. The highest BCUT2D eigenvalue weighted by atomic mass is 19.1. The van der Waals surface area contributed by atoms with Crippen molar-refractivity contribution in [3.63, 3.8) is 0 Å². The van der Waals surface area contributed by atoms with Gasteiger partial charge in [-0.05, 0) is 54.5 Å². The van der Waals surface area contributed by atoms with E-state index in [4.69, 9.17) is 9.47 Å². The number of rotatable bonds is 6. The van der Waals surface area contributed by atoms with Gasteiger partial charge in [-0.25, -0.2) is 4.39 Å². The Balaban J connectivity index is 0.000000166. The van der Waals surface area contributed by atoms with Gasteiger partial charge < -0.3 is 14.6 Å². The van der Waals surface area contributed by atoms with Crippen molar-refractivity contribution in [2.75, 3.05) is 39.5 Å². The van der Waals surface area contributed by atoms with Gasteiger partial charge >= 0.3 is 0 Å². The number of phenols is 1. The molecule has 1 N–H and O–H groups in total. The van der Waals surface area contributed by atoms with E-state index in [1.807, 2.05) is 49.4 Å². The van der Waals surface area contributed by atoms with E-state index >= 15 is 0 Å². The standard InChI is InChI=1S/C16H13FO2.C12H16FNO/c1-10-14-6-5-13(18)8-16(14)19-9-15(10)11-3-2-4-12(17)7-11;13-8-11-9-14(10-11)6-7-15-12-4-2-1-3-5-12/h2-8,18H,9H2,1H3;1-5,11H,6-10H2. The van der Waals surface area contributed by atoms with Crippen molar-refractivity contribution in [2.24, 2.45) is 5.92 Å². The molecule has 0 atom stereocenters. The van der Waals surface area contributed by atoms with Crippen LogP contribution in [0.4, 0.5) is 8.78 Å². The second-order valence-electron chi connectivity index (χ2n) is 8.52. The van der Waals surface area contributed by atoms with Gasteiger partial charge in [-0.1, -0.05) is 30.3 Å². The van der Waals surface area contributed by atoms with E-state index in [-0.39, 0.29) is 24.2 Å². The van der Waals surface area contributed by atoms with Gasteiger partial charge in [0.05, 0.1) is 6.67 Å². The molecule has 0 unspecified atom stereocenters. The van der Waals surface area contributed by atoms with Crippen LogP contribution < -0.4 is 9.47 Å². The molecule has 178 valence electrons. The first-order chi connectivity index (χ1) is 16.5. The number of aromatic hydroxyl groups is 1. The van der Waals surface area contributed by atoms with E-state index in [1.165, 1.54) is 12.1 Å². The molecule has 3 aromatic carbocycles. The minimum atomic E-state index is -0.255. The molecule has 2 heterocycles. The molecule has 5 rings (SSSR count). The molecule has 6 heteroatoms. The third-order valence-electron chi connectivity index (χ3n) is 6.04. The molecule has 0 bridgehead atoms. The molecule has 4 nitrogen and oxygen atoms in total. The number of nitrogens with zero attached hydrogens (tertiary/aromatic N) is 1. The van der Waals surface area contributed by atoms with Crippen LogP contribution in [-0.4, -0.2) is 49.5 Å². The molecule has 2 aliphatic heterocycles. The monoisotopic (exact) mass is 465 g/mol. The highest BCUT2D eigenvalue weighted by Crippen LogP contribution is 2.38. The third kappa shape index (κ3) is 5.94. The quantitative estimate of drug-likeness (QED) is 0.498. The van der Waals surface area contributed by atoms with Crippen LogP contribution in [0.15, 0.2) is 72.8 Å². The van der Waals surface area contributed by atoms with Crippen molar-refractivity contribution in [2.45, 2.75) is 6.92 Å². The minimum absolute atomic E-state index is 0.181. The van der Waals surface area contributed by atoms with E-state index < -0.39 is 0 Å². The highest BCUT2D eigenvalue weighted by Gasteiger charge is 2.25. The molecular formula is C28H29F2NO3. The Bertz CT molecular complexity index is 1130. The fourth-order valence-corrected chi connectivity index (χ4v) is 4.10. The van der Waals surface area contributed by atoms with Gasteiger partial charge in [0, 0.05) is 42.8 Å². The zero-order valence-corrected chi connectivity index (χ0v) is 19.2. The number of likely N-dealkylation sites (tertiary alicyclic amines) is 1. The topological polar surface area (TPSA) is 41.9 Å². The van der Waals surface area contributed by atoms with E-state index in [1.54, 1.807) is 18.2 Å². The maximum atomic E-state index is 13.3. The predicted molar refractivity (Wildman–Crippen MR) is 130 cm³/mol. The number of hydrogen-bond acceptors (Lipinski definition) is 4. The second-order valence-corrected chi connectivity index (χ2v) is 8.52. The number of halogens is 2. The highest BCUT2D eigenvalue weighted by molar-refractivity contribution is 5.93. The summed E-state index contributed by atoms with van der Waals surface area (Å²) < 4.78 is 36.6. The maximum absolute atomic E-state index is 13.3. The first-order valence-corrected chi connectivity index (χ1v) is 11.4. The van der Waals surface area contributed by atoms with Crippen LogP contribution in [0.25, 0.3) is 11.1 Å². The van der Waals surface area contributed by atoms with Gasteiger partial charge in [-0.3, -0.25) is 9.29 Å². The summed E-state index contributed by atoms with van der Waals surface area (Å²) in [6.07, 6.45) is 0. The molecule has 0 aromatic heterocycles. The number of allylic oxidation sites excluding steroid dienone is 1. The van der Waals surface area contributed by atoms with Gasteiger partial charge in [-0.2, -0.15) is 0 Å². The summed E-state index contributed by atoms with van der Waals surface area (Å²) in [6, 6.07) is 21.3. The summed E-state index contributed by atoms with van der Waals surface area (Å²) in [7, 11) is 0. The van der Waals surface area contributed by atoms with Gasteiger partial charge in [-0.15, -0.1) is 0 Å². The largest absolute Gasteiger partial charge is 0.508 e. The van der Waals surface area contributed by atoms with E-state index in [9.17, 15) is 13.9 Å². The van der Waals surface area contributed by atoms with Crippen molar-refractivity contribution in [1.29, 1.82) is 0 Å². The molecule has 3 aromatic rings. The zero-order chi connectivity index (χ0) is 23.9. The number of para-hydroxylation sites is 1. The van der Waals surface area contributed by atoms with Crippen molar-refractivity contribution < 1.29 is 23.4 Å². The summed E-state index contributed by atoms with van der Waals surface area (Å²) >= 11 is 0. The molecule has 1 saturated heterocycles. The van der Waals surface area contributed by atoms with Gasteiger partial charge in [0.2, 0.25) is 0 Å². The van der Waals surface area contributed by atoms with Crippen LogP contribution in [0.1, 0.15) is 18.1 Å². The summed E-state index contributed by atoms with van der Waals surface area (Å²) in [5.41, 5.74) is 3.78. The van der Waals surface area contributed by atoms with Gasteiger partial charge in [0.25, 0.3) is 0 Å². The Morgan fingerprint density at radius 2 is 1.82 bits per heavy atom. The van der Waals surface area contributed by atoms with Gasteiger partial charge in [0.1, 0.15) is 36.3 Å². The van der Waals surface area contributed by atoms with Crippen molar-refractivity contribution in [3.8, 4) is 17.2 Å². The van der Waals surface area contributed by atoms with Crippen LogP contribution in [-0.2, 0) is 0 Å². The van der Waals surface area contributed by atoms with Crippen LogP contribution in [0.3, 0.4) is 0 Å². The molecule has 0 amide bonds. The Morgan fingerprint density at radius 3 is 2.56 bits per heavy atom. The van der Waals surface area contributed by atoms with E-state index in [0.717, 1.165) is 47.7 Å². The summed E-state index contributed by atoms with van der Waals surface area (Å²) in [4.78, 5) is 2.22. The normalized spacial score (nSPS) is 15.5. The molecule has 2 aliphatic rings. The zero-order valence-electron chi connectivity index (χ0n) is 19.2. The number of ether oxygens (including phenoxy) is 2. The Hall–Kier alpha value is -3.38. The maximum Gasteiger partial charge on any atom is 0.130 e. The first kappa shape index (κ1) is 23.8. The average molecular weight is 466 g/mol. The number of fused-ring (bicyclic) bond motifs is 1. The Kier molecular flexibility index (Phi) is 7.80. The third-order valence-corrected chi connectivity index (χ3v) is 6.04. The smallest absolute Gasteiger partial charge is 0.130 e. The van der Waals surface area contributed by atoms with Crippen molar-refractivity contribution in [1.82, 2.24) is 4.90 Å². The van der Waals surface area contributed by atoms with Crippen molar-refractivity contribution >= 4 is 11.1 Å². The van der Waals surface area contributed by atoms with E-state index in [2.05, 4.69) is 4.90 Å². The molecule has 0 aliphatic carbocycles. The molecule has 0 saturated carbocycles. The predicted octanol–water partition coefficient (Wildman–Crippen LogP) is 5.82. The molecule has 34 heavy (non-hydrogen) atoms. The summed E-state index contributed by atoms with van der Waals surface area (Å²) in [5.74, 6) is 1.76. The van der Waals surface area contributed by atoms with E-state index in [0.29, 0.717) is 19.0 Å². The lowest BCUT2D eigenvalue weighted by Crippen LogP contribution is -2.49. The minimum Gasteiger partial charge on any atom is -0.508 e. The fraction of sp³-hybridized carbons (Fsp3) is 0.286. The molecule has 0 radical (unpaired) electrons. The Labute approximate surface area is 199 Å². The van der Waals surface area contributed by atoms with Crippen LogP contribution in [0.5, 0.6) is 17.2 Å². The Morgan fingerprint density at radius 1 is 1.03 bits per heavy atom. The lowest BCUT2D eigenvalue weighted by atomic mass is 9.93. The lowest BCUT2D eigenvalue weighted by molar-refractivity contribution is 0.0668. The van der Waals surface area contributed by atoms with Crippen LogP contribution in [0, 0.1) is 11.7 Å². The first-order valence-electron chi connectivity index (χ1n) is 11.4. The average Bonchev–Trinajstić information content (AvgIpc) is 2.82.